The van der Waals surface area contributed by atoms with Crippen molar-refractivity contribution in [3.63, 3.8) is 0 Å². The second kappa shape index (κ2) is 26.4. The van der Waals surface area contributed by atoms with Crippen molar-refractivity contribution in [3.05, 3.63) is 12.2 Å². The molecule has 5 aliphatic heterocycles. The molecular formula is C48H78O28. The van der Waals surface area contributed by atoms with Gasteiger partial charge in [-0.2, -0.15) is 0 Å². The highest BCUT2D eigenvalue weighted by Crippen LogP contribution is 2.45. The van der Waals surface area contributed by atoms with Crippen molar-refractivity contribution in [1.29, 1.82) is 0 Å². The van der Waals surface area contributed by atoms with Crippen LogP contribution < -0.4 is 0 Å². The summed E-state index contributed by atoms with van der Waals surface area (Å²) in [6, 6.07) is 0. The van der Waals surface area contributed by atoms with Gasteiger partial charge in [0, 0.05) is 18.4 Å². The van der Waals surface area contributed by atoms with Crippen LogP contribution >= 0.6 is 0 Å². The highest BCUT2D eigenvalue weighted by atomic mass is 16.8. The first kappa shape index (κ1) is 60.3. The van der Waals surface area contributed by atoms with Crippen LogP contribution in [-0.2, 0) is 52.2 Å². The van der Waals surface area contributed by atoms with E-state index in [1.54, 1.807) is 0 Å². The first-order chi connectivity index (χ1) is 36.2. The lowest BCUT2D eigenvalue weighted by molar-refractivity contribution is -0.380. The average molecular weight is 1100 g/mol. The van der Waals surface area contributed by atoms with E-state index in [-0.39, 0.29) is 38.0 Å². The third-order valence-electron chi connectivity index (χ3n) is 16.5. The number of fused-ring (bicyclic) bond motifs is 1. The van der Waals surface area contributed by atoms with Gasteiger partial charge in [0.2, 0.25) is 0 Å². The average Bonchev–Trinajstić information content (AvgIpc) is 3.41. The molecule has 17 N–H and O–H groups in total. The summed E-state index contributed by atoms with van der Waals surface area (Å²) >= 11 is 0. The fourth-order valence-corrected chi connectivity index (χ4v) is 11.9. The van der Waals surface area contributed by atoms with Gasteiger partial charge in [-0.3, -0.25) is 0 Å². The summed E-state index contributed by atoms with van der Waals surface area (Å²) in [7, 11) is 0. The van der Waals surface area contributed by atoms with Crippen LogP contribution in [0.1, 0.15) is 64.2 Å². The number of allylic oxidation sites excluding steroid dienone is 1. The van der Waals surface area contributed by atoms with Crippen LogP contribution in [0, 0.1) is 17.8 Å². The molecule has 28 heteroatoms. The van der Waals surface area contributed by atoms with Crippen molar-refractivity contribution < 1.29 is 139 Å². The molecule has 5 heterocycles. The number of carbonyl (C=O) groups excluding carboxylic acids is 1. The summed E-state index contributed by atoms with van der Waals surface area (Å²) in [5.41, 5.74) is 0. The molecule has 28 nitrogen and oxygen atoms in total. The van der Waals surface area contributed by atoms with Crippen molar-refractivity contribution >= 4 is 5.97 Å². The molecule has 438 valence electrons. The lowest BCUT2D eigenvalue weighted by Crippen LogP contribution is -2.66. The number of hydrogen-bond donors (Lipinski definition) is 17. The van der Waals surface area contributed by atoms with E-state index in [0.29, 0.717) is 32.1 Å². The minimum atomic E-state index is -2.03. The molecule has 0 bridgehead atoms. The lowest BCUT2D eigenvalue weighted by atomic mass is 9.73. The van der Waals surface area contributed by atoms with E-state index in [0.717, 1.165) is 6.08 Å². The topological polar surface area (TPSA) is 453 Å². The Morgan fingerprint density at radius 2 is 0.947 bits per heavy atom. The fraction of sp³-hybridized carbons (Fsp3) is 0.938. The van der Waals surface area contributed by atoms with E-state index < -0.39 is 216 Å². The van der Waals surface area contributed by atoms with E-state index in [2.05, 4.69) is 0 Å². The van der Waals surface area contributed by atoms with E-state index in [1.807, 2.05) is 0 Å². The van der Waals surface area contributed by atoms with Gasteiger partial charge >= 0.3 is 5.97 Å². The molecule has 0 spiro atoms. The molecule has 3 saturated carbocycles. The number of carbonyl (C=O) groups is 1. The fourth-order valence-electron chi connectivity index (χ4n) is 11.9. The third-order valence-corrected chi connectivity index (χ3v) is 16.5. The van der Waals surface area contributed by atoms with Crippen LogP contribution in [0.15, 0.2) is 12.2 Å². The Morgan fingerprint density at radius 3 is 1.53 bits per heavy atom. The molecule has 0 aromatic heterocycles. The maximum Gasteiger partial charge on any atom is 0.330 e. The van der Waals surface area contributed by atoms with Gasteiger partial charge in [0.25, 0.3) is 0 Å². The summed E-state index contributed by atoms with van der Waals surface area (Å²) in [6.07, 6.45) is -35.6. The van der Waals surface area contributed by atoms with Gasteiger partial charge in [0.1, 0.15) is 104 Å². The molecule has 8 rings (SSSR count). The Kier molecular flexibility index (Phi) is 20.9. The van der Waals surface area contributed by atoms with Crippen molar-refractivity contribution in [2.45, 2.75) is 236 Å². The highest BCUT2D eigenvalue weighted by Gasteiger charge is 2.56. The van der Waals surface area contributed by atoms with Crippen LogP contribution in [0.4, 0.5) is 0 Å². The van der Waals surface area contributed by atoms with Gasteiger partial charge in [-0.1, -0.05) is 6.08 Å². The Hall–Kier alpha value is -1.83. The number of aliphatic hydroxyl groups is 17. The molecule has 76 heavy (non-hydrogen) atoms. The number of ether oxygens (including phenoxy) is 10. The van der Waals surface area contributed by atoms with Crippen LogP contribution in [-0.4, -0.2) is 291 Å². The number of aliphatic hydroxyl groups excluding tert-OH is 17. The molecule has 0 radical (unpaired) electrons. The van der Waals surface area contributed by atoms with E-state index >= 15 is 0 Å². The third kappa shape index (κ3) is 13.4. The second-order valence-corrected chi connectivity index (χ2v) is 21.6. The van der Waals surface area contributed by atoms with Crippen LogP contribution in [0.5, 0.6) is 0 Å². The van der Waals surface area contributed by atoms with E-state index in [9.17, 15) is 91.6 Å². The standard InChI is InChI=1S/C48H78O28/c49-13-27-32(56)36(60)40(64)45(72-27)69-24-11-20(53)10-23-21(24)12-26(43(68-23)18-3-5-19(52)6-4-18)71-48-44(39(63)34(58)29(15-51)74-48)76-47-42(66)38(62)35(59)30(75-47)16-67-31(55)8-2-17-1-7-22(54)25(9-17)70-46-41(65)37(61)33(57)28(14-50)73-46/h2,8,17-30,32-54,56-66H,1,3-7,9-16H2/t17?,18?,19?,20?,21?,22?,23?,24?,25?,26?,27-,28-,29-,30-,32-,33-,34-,35-,36+,37+,38+,39+,40-,41-,42-,43?,44-,45-,46-,47+,48-/m1/s1. The van der Waals surface area contributed by atoms with Crippen LogP contribution in [0.3, 0.4) is 0 Å². The van der Waals surface area contributed by atoms with Gasteiger partial charge in [0.05, 0.1) is 68.7 Å². The molecule has 3 aliphatic carbocycles. The zero-order chi connectivity index (χ0) is 54.9. The number of esters is 1. The molecule has 0 amide bonds. The summed E-state index contributed by atoms with van der Waals surface area (Å²) in [4.78, 5) is 13.0. The Morgan fingerprint density at radius 1 is 0.447 bits per heavy atom. The summed E-state index contributed by atoms with van der Waals surface area (Å²) in [5, 5.41) is 180. The first-order valence-electron chi connectivity index (χ1n) is 26.3. The van der Waals surface area contributed by atoms with Crippen molar-refractivity contribution in [2.75, 3.05) is 26.4 Å². The van der Waals surface area contributed by atoms with Gasteiger partial charge < -0.3 is 134 Å². The molecule has 0 aromatic rings. The summed E-state index contributed by atoms with van der Waals surface area (Å²) < 4.78 is 59.7. The molecule has 29 atom stereocenters. The van der Waals surface area contributed by atoms with Gasteiger partial charge in [-0.05, 0) is 69.6 Å². The predicted octanol–water partition coefficient (Wildman–Crippen LogP) is -7.89. The molecule has 8 aliphatic rings. The minimum Gasteiger partial charge on any atom is -0.460 e. The Balaban J connectivity index is 0.941. The van der Waals surface area contributed by atoms with E-state index in [1.165, 1.54) is 6.08 Å². The molecule has 5 saturated heterocycles. The van der Waals surface area contributed by atoms with Crippen molar-refractivity contribution in [3.8, 4) is 0 Å². The summed E-state index contributed by atoms with van der Waals surface area (Å²) in [5.74, 6) is -2.22. The highest BCUT2D eigenvalue weighted by molar-refractivity contribution is 5.81. The normalized spacial score (nSPS) is 51.5. The second-order valence-electron chi connectivity index (χ2n) is 21.6. The Bertz CT molecular complexity index is 1840. The predicted molar refractivity (Wildman–Crippen MR) is 245 cm³/mol. The van der Waals surface area contributed by atoms with Gasteiger partial charge in [-0.25, -0.2) is 4.79 Å². The molecular weight excluding hydrogens is 1020 g/mol. The van der Waals surface area contributed by atoms with Gasteiger partial charge in [-0.15, -0.1) is 0 Å². The smallest absolute Gasteiger partial charge is 0.330 e. The minimum absolute atomic E-state index is 0.00785. The van der Waals surface area contributed by atoms with E-state index in [4.69, 9.17) is 47.4 Å². The largest absolute Gasteiger partial charge is 0.460 e. The van der Waals surface area contributed by atoms with Crippen molar-refractivity contribution in [2.24, 2.45) is 17.8 Å². The number of hydrogen-bond acceptors (Lipinski definition) is 28. The van der Waals surface area contributed by atoms with Crippen molar-refractivity contribution in [1.82, 2.24) is 0 Å². The Labute approximate surface area is 436 Å². The maximum absolute atomic E-state index is 13.0. The zero-order valence-electron chi connectivity index (χ0n) is 41.5. The molecule has 0 aromatic carbocycles. The molecule has 8 fully saturated rings. The van der Waals surface area contributed by atoms with Crippen LogP contribution in [0.25, 0.3) is 0 Å². The lowest BCUT2D eigenvalue weighted by Gasteiger charge is -2.52. The molecule has 9 unspecified atom stereocenters. The first-order valence-corrected chi connectivity index (χ1v) is 26.3. The van der Waals surface area contributed by atoms with Gasteiger partial charge in [0.15, 0.2) is 25.2 Å². The summed E-state index contributed by atoms with van der Waals surface area (Å²) in [6.45, 7) is -2.94. The maximum atomic E-state index is 13.0. The zero-order valence-corrected chi connectivity index (χ0v) is 41.5. The quantitative estimate of drug-likeness (QED) is 0.0504. The van der Waals surface area contributed by atoms with Crippen LogP contribution in [0.2, 0.25) is 0 Å². The SMILES string of the molecule is O=C(C=CC1CCC(O)C(O[C@@H]2O[C@H](CO)[C@@H](O)[C@H](O)[C@H]2O)C1)OC[C@H]1O[C@@H](O[C@H]2[C@H](OC3CC4C(CC(O)CC4O[C@@H]4O[C@H](CO)[C@@H](O)[C@H](O)[C@H]4O)OC3C3CCC(O)CC3)O[C@H](CO)[C@@H](O)[C@@H]2O)[C@H](O)[C@@H](O)[C@@H]1O. The number of rotatable bonds is 16. The monoisotopic (exact) mass is 1100 g/mol.